The van der Waals surface area contributed by atoms with Gasteiger partial charge in [-0.05, 0) is 48.4 Å². The van der Waals surface area contributed by atoms with Crippen molar-refractivity contribution in [1.82, 2.24) is 0 Å². The van der Waals surface area contributed by atoms with Crippen LogP contribution in [0.1, 0.15) is 29.5 Å². The van der Waals surface area contributed by atoms with E-state index in [2.05, 4.69) is 0 Å². The van der Waals surface area contributed by atoms with Gasteiger partial charge in [-0.3, -0.25) is 4.31 Å². The van der Waals surface area contributed by atoms with E-state index in [1.165, 1.54) is 12.1 Å². The molecule has 0 unspecified atom stereocenters. The van der Waals surface area contributed by atoms with Crippen molar-refractivity contribution in [3.05, 3.63) is 65.2 Å². The fraction of sp³-hybridized carbons (Fsp3) is 0.409. The van der Waals surface area contributed by atoms with E-state index in [-0.39, 0.29) is 30.0 Å². The smallest absolute Gasteiger partial charge is 0.385 e. The Morgan fingerprint density at radius 3 is 2.52 bits per heavy atom. The number of fused-ring (bicyclic) bond motifs is 5. The molecule has 2 bridgehead atoms. The molecule has 1 aliphatic heterocycles. The molecule has 9 heteroatoms. The largest absolute Gasteiger partial charge is 0.417 e. The van der Waals surface area contributed by atoms with Gasteiger partial charge in [0.25, 0.3) is 0 Å². The summed E-state index contributed by atoms with van der Waals surface area (Å²) in [5.74, 6) is -0.917. The van der Waals surface area contributed by atoms with Gasteiger partial charge in [0, 0.05) is 12.5 Å². The van der Waals surface area contributed by atoms with Crippen LogP contribution >= 0.6 is 0 Å². The highest BCUT2D eigenvalue weighted by Crippen LogP contribution is 2.62. The average molecular weight is 448 g/mol. The van der Waals surface area contributed by atoms with Gasteiger partial charge in [0.2, 0.25) is 10.0 Å². The van der Waals surface area contributed by atoms with Crippen LogP contribution in [0.4, 0.5) is 18.9 Å². The van der Waals surface area contributed by atoms with Crippen LogP contribution < -0.4 is 4.31 Å². The molecule has 1 N–H and O–H groups in total. The van der Waals surface area contributed by atoms with Gasteiger partial charge < -0.3 is 5.11 Å². The number of rotatable bonds is 2. The Hall–Kier alpha value is -2.57. The predicted octanol–water partition coefficient (Wildman–Crippen LogP) is 3.64. The second-order valence-corrected chi connectivity index (χ2v) is 10.7. The van der Waals surface area contributed by atoms with Crippen LogP contribution in [0.5, 0.6) is 0 Å². The van der Waals surface area contributed by atoms with Gasteiger partial charge >= 0.3 is 6.18 Å². The second-order valence-electron chi connectivity index (χ2n) is 8.64. The van der Waals surface area contributed by atoms with Crippen LogP contribution in [-0.2, 0) is 21.8 Å². The number of alkyl halides is 3. The topological polar surface area (TPSA) is 81.4 Å². The predicted molar refractivity (Wildman–Crippen MR) is 106 cm³/mol. The van der Waals surface area contributed by atoms with Gasteiger partial charge in [-0.25, -0.2) is 8.42 Å². The van der Waals surface area contributed by atoms with Crippen LogP contribution in [-0.4, -0.2) is 25.3 Å². The number of benzene rings is 2. The molecule has 3 aliphatic rings. The molecule has 0 spiro atoms. The molecule has 2 saturated carbocycles. The standard InChI is InChI=1S/C22H19F3N2O3S/c23-22(24,25)18-9-16(7-6-13(18)11-26)27-12-17-19-8-14(20(17)31(27,29)30)10-21(19,28)15-4-2-1-3-5-15/h1-7,9,14,17,19-20,28H,8,10,12H2/t14-,17-,19-,20+,21+/m0/s1. The molecule has 1 saturated heterocycles. The van der Waals surface area contributed by atoms with E-state index in [4.69, 9.17) is 5.26 Å². The fourth-order valence-electron chi connectivity index (χ4n) is 5.98. The molecule has 0 radical (unpaired) electrons. The number of nitriles is 1. The minimum Gasteiger partial charge on any atom is -0.385 e. The number of halogens is 3. The van der Waals surface area contributed by atoms with Crippen molar-refractivity contribution >= 4 is 15.7 Å². The molecule has 5 nitrogen and oxygen atoms in total. The molecular formula is C22H19F3N2O3S. The Labute approximate surface area is 177 Å². The summed E-state index contributed by atoms with van der Waals surface area (Å²) < 4.78 is 67.9. The van der Waals surface area contributed by atoms with Gasteiger partial charge in [0.1, 0.15) is 0 Å². The summed E-state index contributed by atoms with van der Waals surface area (Å²) in [4.78, 5) is 0. The molecule has 2 aliphatic carbocycles. The number of hydrogen-bond donors (Lipinski definition) is 1. The summed E-state index contributed by atoms with van der Waals surface area (Å²) in [7, 11) is -3.89. The SMILES string of the molecule is N#Cc1ccc(N2C[C@@H]3[C@@H]([C@H]4C[C@@H]3[C@](O)(c3ccccc3)C4)S2(=O)=O)cc1C(F)(F)F. The molecule has 0 amide bonds. The zero-order chi connectivity index (χ0) is 22.2. The number of hydrogen-bond acceptors (Lipinski definition) is 4. The molecule has 2 aromatic rings. The highest BCUT2D eigenvalue weighted by atomic mass is 32.2. The lowest BCUT2D eigenvalue weighted by Crippen LogP contribution is -2.43. The summed E-state index contributed by atoms with van der Waals surface area (Å²) in [5, 5.41) is 19.7. The average Bonchev–Trinajstić information content (AvgIpc) is 3.35. The number of aliphatic hydroxyl groups is 1. The fourth-order valence-corrected chi connectivity index (χ4v) is 8.47. The van der Waals surface area contributed by atoms with E-state index in [9.17, 15) is 26.7 Å². The van der Waals surface area contributed by atoms with Crippen molar-refractivity contribution in [1.29, 1.82) is 5.26 Å². The van der Waals surface area contributed by atoms with Crippen molar-refractivity contribution < 1.29 is 26.7 Å². The van der Waals surface area contributed by atoms with Gasteiger partial charge in [-0.2, -0.15) is 18.4 Å². The molecule has 0 aromatic heterocycles. The Bertz CT molecular complexity index is 1190. The van der Waals surface area contributed by atoms with E-state index < -0.39 is 38.2 Å². The number of sulfonamides is 1. The van der Waals surface area contributed by atoms with Crippen molar-refractivity contribution in [2.75, 3.05) is 10.8 Å². The van der Waals surface area contributed by atoms with Crippen LogP contribution in [0.3, 0.4) is 0 Å². The summed E-state index contributed by atoms with van der Waals surface area (Å²) in [6, 6.07) is 13.7. The first-order valence-corrected chi connectivity index (χ1v) is 11.5. The summed E-state index contributed by atoms with van der Waals surface area (Å²) >= 11 is 0. The summed E-state index contributed by atoms with van der Waals surface area (Å²) in [6.07, 6.45) is -3.88. The Morgan fingerprint density at radius 2 is 1.87 bits per heavy atom. The maximum absolute atomic E-state index is 13.4. The minimum absolute atomic E-state index is 0.0203. The quantitative estimate of drug-likeness (QED) is 0.761. The number of nitrogens with zero attached hydrogens (tertiary/aromatic N) is 2. The lowest BCUT2D eigenvalue weighted by molar-refractivity contribution is -0.137. The Kier molecular flexibility index (Phi) is 4.24. The minimum atomic E-state index is -4.77. The molecule has 3 fully saturated rings. The van der Waals surface area contributed by atoms with Crippen LogP contribution in [0, 0.1) is 29.1 Å². The second kappa shape index (κ2) is 6.47. The van der Waals surface area contributed by atoms with Gasteiger partial charge in [-0.1, -0.05) is 30.3 Å². The normalized spacial score (nSPS) is 33.3. The third kappa shape index (κ3) is 2.81. The molecule has 2 aromatic carbocycles. The lowest BCUT2D eigenvalue weighted by Gasteiger charge is -2.37. The lowest BCUT2D eigenvalue weighted by atomic mass is 9.73. The first-order chi connectivity index (χ1) is 14.6. The number of anilines is 1. The van der Waals surface area contributed by atoms with Gasteiger partial charge in [0.05, 0.1) is 33.7 Å². The molecule has 31 heavy (non-hydrogen) atoms. The highest BCUT2D eigenvalue weighted by Gasteiger charge is 2.67. The maximum Gasteiger partial charge on any atom is 0.417 e. The third-order valence-electron chi connectivity index (χ3n) is 7.17. The van der Waals surface area contributed by atoms with E-state index in [1.807, 2.05) is 30.3 Å². The van der Waals surface area contributed by atoms with Crippen LogP contribution in [0.2, 0.25) is 0 Å². The highest BCUT2D eigenvalue weighted by molar-refractivity contribution is 7.93. The monoisotopic (exact) mass is 448 g/mol. The third-order valence-corrected chi connectivity index (χ3v) is 9.56. The van der Waals surface area contributed by atoms with Crippen molar-refractivity contribution in [3.8, 4) is 6.07 Å². The molecular weight excluding hydrogens is 429 g/mol. The molecule has 162 valence electrons. The zero-order valence-corrected chi connectivity index (χ0v) is 17.1. The van der Waals surface area contributed by atoms with E-state index >= 15 is 0 Å². The molecule has 5 atom stereocenters. The van der Waals surface area contributed by atoms with Gasteiger partial charge in [-0.15, -0.1) is 0 Å². The maximum atomic E-state index is 13.4. The first-order valence-electron chi connectivity index (χ1n) is 9.98. The van der Waals surface area contributed by atoms with Crippen molar-refractivity contribution in [3.63, 3.8) is 0 Å². The zero-order valence-electron chi connectivity index (χ0n) is 16.2. The summed E-state index contributed by atoms with van der Waals surface area (Å²) in [6.45, 7) is 0.0203. The van der Waals surface area contributed by atoms with Crippen LogP contribution in [0.15, 0.2) is 48.5 Å². The van der Waals surface area contributed by atoms with Crippen molar-refractivity contribution in [2.45, 2.75) is 29.9 Å². The molecule has 1 heterocycles. The first kappa shape index (κ1) is 20.3. The van der Waals surface area contributed by atoms with Crippen LogP contribution in [0.25, 0.3) is 0 Å². The van der Waals surface area contributed by atoms with E-state index in [1.54, 1.807) is 0 Å². The molecule has 5 rings (SSSR count). The Morgan fingerprint density at radius 1 is 1.16 bits per heavy atom. The van der Waals surface area contributed by atoms with Crippen molar-refractivity contribution in [2.24, 2.45) is 17.8 Å². The van der Waals surface area contributed by atoms with E-state index in [0.717, 1.165) is 22.0 Å². The van der Waals surface area contributed by atoms with Gasteiger partial charge in [0.15, 0.2) is 0 Å². The summed E-state index contributed by atoms with van der Waals surface area (Å²) in [5.41, 5.74) is -2.19. The Balaban J connectivity index is 1.53. The van der Waals surface area contributed by atoms with E-state index in [0.29, 0.717) is 12.8 Å².